The molecular weight excluding hydrogens is 449 g/mol. The summed E-state index contributed by atoms with van der Waals surface area (Å²) in [5, 5.41) is 9.00. The largest absolute Gasteiger partial charge is 0.481 e. The van der Waals surface area contributed by atoms with Crippen LogP contribution in [-0.2, 0) is 32.7 Å². The standard InChI is InChI=1S/C24H24FNO6S/c1-26(33(29,30)21-9-7-20(25)8-10-21)14-17-6-11-23(32-16-24(27)28)22(13-17)19-5-3-4-18(12-19)15-31-2/h3-13H,14-16H2,1-2H3,(H,27,28). The second kappa shape index (κ2) is 10.6. The van der Waals surface area contributed by atoms with E-state index < -0.39 is 28.4 Å². The van der Waals surface area contributed by atoms with Crippen molar-refractivity contribution in [3.05, 3.63) is 83.7 Å². The average molecular weight is 474 g/mol. The summed E-state index contributed by atoms with van der Waals surface area (Å²) < 4.78 is 50.7. The zero-order valence-corrected chi connectivity index (χ0v) is 19.0. The second-order valence-corrected chi connectivity index (χ2v) is 9.41. The molecule has 0 unspecified atom stereocenters. The van der Waals surface area contributed by atoms with Gasteiger partial charge in [-0.15, -0.1) is 0 Å². The lowest BCUT2D eigenvalue weighted by Crippen LogP contribution is -2.26. The Morgan fingerprint density at radius 3 is 2.42 bits per heavy atom. The van der Waals surface area contributed by atoms with Crippen LogP contribution in [0.4, 0.5) is 4.39 Å². The third-order valence-electron chi connectivity index (χ3n) is 4.87. The van der Waals surface area contributed by atoms with Gasteiger partial charge in [0, 0.05) is 26.3 Å². The lowest BCUT2D eigenvalue weighted by atomic mass is 10.00. The van der Waals surface area contributed by atoms with E-state index in [1.165, 1.54) is 23.5 Å². The van der Waals surface area contributed by atoms with Crippen LogP contribution in [0.5, 0.6) is 5.75 Å². The Bertz CT molecular complexity index is 1230. The van der Waals surface area contributed by atoms with Crippen LogP contribution < -0.4 is 4.74 Å². The molecule has 0 aliphatic carbocycles. The van der Waals surface area contributed by atoms with Gasteiger partial charge in [0.1, 0.15) is 11.6 Å². The number of methoxy groups -OCH3 is 1. The smallest absolute Gasteiger partial charge is 0.341 e. The highest BCUT2D eigenvalue weighted by Gasteiger charge is 2.21. The first-order valence-corrected chi connectivity index (χ1v) is 11.4. The van der Waals surface area contributed by atoms with Gasteiger partial charge in [0.05, 0.1) is 11.5 Å². The van der Waals surface area contributed by atoms with Crippen molar-refractivity contribution in [1.82, 2.24) is 4.31 Å². The molecule has 0 atom stereocenters. The van der Waals surface area contributed by atoms with Crippen LogP contribution in [0, 0.1) is 5.82 Å². The molecule has 0 radical (unpaired) electrons. The molecule has 0 heterocycles. The van der Waals surface area contributed by atoms with Crippen LogP contribution in [0.2, 0.25) is 0 Å². The molecule has 9 heteroatoms. The van der Waals surface area contributed by atoms with E-state index in [9.17, 15) is 17.6 Å². The molecule has 174 valence electrons. The molecule has 1 N–H and O–H groups in total. The number of hydrogen-bond acceptors (Lipinski definition) is 5. The van der Waals surface area contributed by atoms with Gasteiger partial charge in [0.2, 0.25) is 10.0 Å². The van der Waals surface area contributed by atoms with Crippen molar-refractivity contribution in [3.63, 3.8) is 0 Å². The fraction of sp³-hybridized carbons (Fsp3) is 0.208. The molecule has 0 aliphatic rings. The number of hydrogen-bond donors (Lipinski definition) is 1. The molecule has 3 aromatic rings. The Balaban J connectivity index is 1.94. The minimum Gasteiger partial charge on any atom is -0.481 e. The van der Waals surface area contributed by atoms with Crippen LogP contribution >= 0.6 is 0 Å². The summed E-state index contributed by atoms with van der Waals surface area (Å²) in [4.78, 5) is 11.0. The minimum atomic E-state index is -3.84. The van der Waals surface area contributed by atoms with Gasteiger partial charge >= 0.3 is 5.97 Å². The lowest BCUT2D eigenvalue weighted by molar-refractivity contribution is -0.139. The zero-order valence-electron chi connectivity index (χ0n) is 18.2. The number of carboxylic acid groups (broad SMARTS) is 1. The summed E-state index contributed by atoms with van der Waals surface area (Å²) in [7, 11) is -0.810. The van der Waals surface area contributed by atoms with Crippen LogP contribution in [0.25, 0.3) is 11.1 Å². The number of ether oxygens (including phenoxy) is 2. The van der Waals surface area contributed by atoms with Crippen molar-refractivity contribution in [2.24, 2.45) is 0 Å². The molecule has 0 saturated heterocycles. The Labute approximate surface area is 192 Å². The zero-order chi connectivity index (χ0) is 24.0. The number of carbonyl (C=O) groups is 1. The summed E-state index contributed by atoms with van der Waals surface area (Å²) in [6, 6.07) is 17.2. The van der Waals surface area contributed by atoms with Gasteiger partial charge in [-0.3, -0.25) is 0 Å². The maximum atomic E-state index is 13.2. The third kappa shape index (κ3) is 6.16. The average Bonchev–Trinajstić information content (AvgIpc) is 2.78. The lowest BCUT2D eigenvalue weighted by Gasteiger charge is -2.19. The van der Waals surface area contributed by atoms with E-state index in [0.717, 1.165) is 23.3 Å². The van der Waals surface area contributed by atoms with Gasteiger partial charge in [-0.25, -0.2) is 17.6 Å². The molecule has 0 saturated carbocycles. The quantitative estimate of drug-likeness (QED) is 0.480. The maximum Gasteiger partial charge on any atom is 0.341 e. The van der Waals surface area contributed by atoms with Crippen LogP contribution in [0.15, 0.2) is 71.6 Å². The first-order chi connectivity index (χ1) is 15.7. The second-order valence-electron chi connectivity index (χ2n) is 7.36. The summed E-state index contributed by atoms with van der Waals surface area (Å²) >= 11 is 0. The van der Waals surface area contributed by atoms with Crippen molar-refractivity contribution < 1.29 is 32.2 Å². The monoisotopic (exact) mass is 473 g/mol. The molecule has 33 heavy (non-hydrogen) atoms. The van der Waals surface area contributed by atoms with E-state index >= 15 is 0 Å². The summed E-state index contributed by atoms with van der Waals surface area (Å²) in [6.07, 6.45) is 0. The molecule has 7 nitrogen and oxygen atoms in total. The van der Waals surface area contributed by atoms with E-state index in [-0.39, 0.29) is 11.4 Å². The van der Waals surface area contributed by atoms with E-state index in [0.29, 0.717) is 23.5 Å². The minimum absolute atomic E-state index is 0.0136. The molecule has 0 fully saturated rings. The van der Waals surface area contributed by atoms with E-state index in [4.69, 9.17) is 14.6 Å². The van der Waals surface area contributed by atoms with Gasteiger partial charge in [0.25, 0.3) is 0 Å². The van der Waals surface area contributed by atoms with Gasteiger partial charge in [-0.05, 0) is 59.2 Å². The number of sulfonamides is 1. The first-order valence-electron chi connectivity index (χ1n) is 9.98. The van der Waals surface area contributed by atoms with Gasteiger partial charge in [0.15, 0.2) is 6.61 Å². The number of halogens is 1. The van der Waals surface area contributed by atoms with Gasteiger partial charge in [-0.1, -0.05) is 24.3 Å². The van der Waals surface area contributed by atoms with E-state index in [1.807, 2.05) is 24.3 Å². The summed E-state index contributed by atoms with van der Waals surface area (Å²) in [5.74, 6) is -1.27. The summed E-state index contributed by atoms with van der Waals surface area (Å²) in [6.45, 7) is -0.0653. The highest BCUT2D eigenvalue weighted by Crippen LogP contribution is 2.32. The Hall–Kier alpha value is -3.27. The molecule has 0 aliphatic heterocycles. The SMILES string of the molecule is COCc1cccc(-c2cc(CN(C)S(=O)(=O)c3ccc(F)cc3)ccc2OCC(=O)O)c1. The Kier molecular flexibility index (Phi) is 7.80. The molecule has 3 aromatic carbocycles. The maximum absolute atomic E-state index is 13.2. The van der Waals surface area contributed by atoms with Crippen molar-refractivity contribution in [1.29, 1.82) is 0 Å². The van der Waals surface area contributed by atoms with Crippen LogP contribution in [-0.4, -0.2) is 44.6 Å². The van der Waals surface area contributed by atoms with E-state index in [2.05, 4.69) is 0 Å². The van der Waals surface area contributed by atoms with Crippen LogP contribution in [0.1, 0.15) is 11.1 Å². The molecule has 0 spiro atoms. The number of carboxylic acids is 1. The number of nitrogens with zero attached hydrogens (tertiary/aromatic N) is 1. The molecule has 0 aromatic heterocycles. The molecular formula is C24H24FNO6S. The fourth-order valence-electron chi connectivity index (χ4n) is 3.29. The van der Waals surface area contributed by atoms with Crippen LogP contribution in [0.3, 0.4) is 0 Å². The van der Waals surface area contributed by atoms with Crippen molar-refractivity contribution in [3.8, 4) is 16.9 Å². The molecule has 3 rings (SSSR count). The Morgan fingerprint density at radius 1 is 1.03 bits per heavy atom. The van der Waals surface area contributed by atoms with Crippen molar-refractivity contribution >= 4 is 16.0 Å². The van der Waals surface area contributed by atoms with Gasteiger partial charge in [-0.2, -0.15) is 4.31 Å². The number of benzene rings is 3. The first kappa shape index (κ1) is 24.4. The Morgan fingerprint density at radius 2 is 1.76 bits per heavy atom. The predicted molar refractivity (Wildman–Crippen MR) is 121 cm³/mol. The normalized spacial score (nSPS) is 11.5. The highest BCUT2D eigenvalue weighted by molar-refractivity contribution is 7.89. The fourth-order valence-corrected chi connectivity index (χ4v) is 4.45. The predicted octanol–water partition coefficient (Wildman–Crippen LogP) is 3.92. The van der Waals surface area contributed by atoms with Crippen molar-refractivity contribution in [2.75, 3.05) is 20.8 Å². The van der Waals surface area contributed by atoms with E-state index in [1.54, 1.807) is 25.3 Å². The number of aliphatic carboxylic acids is 1. The summed E-state index contributed by atoms with van der Waals surface area (Å²) in [5.41, 5.74) is 2.98. The molecule has 0 amide bonds. The third-order valence-corrected chi connectivity index (χ3v) is 6.69. The van der Waals surface area contributed by atoms with Gasteiger partial charge < -0.3 is 14.6 Å². The molecule has 0 bridgehead atoms. The topological polar surface area (TPSA) is 93.1 Å². The number of rotatable bonds is 10. The highest BCUT2D eigenvalue weighted by atomic mass is 32.2. The van der Waals surface area contributed by atoms with Crippen molar-refractivity contribution in [2.45, 2.75) is 18.0 Å².